The predicted molar refractivity (Wildman–Crippen MR) is 82.9 cm³/mol. The van der Waals surface area contributed by atoms with Gasteiger partial charge in [-0.25, -0.2) is 0 Å². The quantitative estimate of drug-likeness (QED) is 0.259. The molecule has 142 valence electrons. The lowest BCUT2D eigenvalue weighted by Crippen LogP contribution is -2.35. The molecule has 0 aliphatic rings. The molecule has 0 saturated carbocycles. The Bertz CT molecular complexity index is 664. The van der Waals surface area contributed by atoms with Gasteiger partial charge in [-0.2, -0.15) is 30.4 Å². The van der Waals surface area contributed by atoms with Gasteiger partial charge in [-0.05, 0) is 38.3 Å². The molecule has 1 aromatic carbocycles. The van der Waals surface area contributed by atoms with Crippen molar-refractivity contribution < 1.29 is 34.6 Å². The Hall–Kier alpha value is -1.48. The van der Waals surface area contributed by atoms with Crippen molar-refractivity contribution in [2.24, 2.45) is 0 Å². The van der Waals surface area contributed by atoms with E-state index >= 15 is 0 Å². The maximum Gasteiger partial charge on any atom is 0.453 e. The van der Waals surface area contributed by atoms with Gasteiger partial charge in [0.05, 0.1) is 11.5 Å². The van der Waals surface area contributed by atoms with Crippen LogP contribution in [0.2, 0.25) is 0 Å². The van der Waals surface area contributed by atoms with E-state index in [1.807, 2.05) is 6.92 Å². The lowest BCUT2D eigenvalue weighted by atomic mass is 10.1. The standard InChI is InChI=1S/C16H19F5O3S/c1-13-7-9-14(10-8-13)25(22,23)24-12-6-4-2-3-5-11-15(17,18)16(19,20)21/h2-3,7-10H,4-6,11-12H2,1H3. The van der Waals surface area contributed by atoms with Crippen LogP contribution in [-0.2, 0) is 14.3 Å². The summed E-state index contributed by atoms with van der Waals surface area (Å²) in [4.78, 5) is 0.0306. The summed E-state index contributed by atoms with van der Waals surface area (Å²) in [5.41, 5.74) is 0.903. The molecule has 9 heteroatoms. The third kappa shape index (κ3) is 7.11. The van der Waals surface area contributed by atoms with Crippen LogP contribution < -0.4 is 0 Å². The Morgan fingerprint density at radius 2 is 1.56 bits per heavy atom. The molecule has 0 fully saturated rings. The molecule has 0 amide bonds. The van der Waals surface area contributed by atoms with E-state index in [-0.39, 0.29) is 17.9 Å². The van der Waals surface area contributed by atoms with Crippen LogP contribution in [0.4, 0.5) is 22.0 Å². The predicted octanol–water partition coefficient (Wildman–Crippen LogP) is 5.01. The monoisotopic (exact) mass is 386 g/mol. The second kappa shape index (κ2) is 8.75. The smallest absolute Gasteiger partial charge is 0.266 e. The van der Waals surface area contributed by atoms with Crippen molar-refractivity contribution in [3.05, 3.63) is 42.0 Å². The van der Waals surface area contributed by atoms with Gasteiger partial charge in [-0.15, -0.1) is 0 Å². The molecule has 3 nitrogen and oxygen atoms in total. The van der Waals surface area contributed by atoms with Gasteiger partial charge in [0.2, 0.25) is 0 Å². The number of benzene rings is 1. The molecule has 0 radical (unpaired) electrons. The first-order valence-electron chi connectivity index (χ1n) is 7.51. The van der Waals surface area contributed by atoms with Crippen LogP contribution in [0.3, 0.4) is 0 Å². The van der Waals surface area contributed by atoms with Crippen molar-refractivity contribution in [2.45, 2.75) is 49.6 Å². The highest BCUT2D eigenvalue weighted by Gasteiger charge is 2.56. The van der Waals surface area contributed by atoms with Gasteiger partial charge >= 0.3 is 12.1 Å². The van der Waals surface area contributed by atoms with Crippen molar-refractivity contribution in [1.29, 1.82) is 0 Å². The fraction of sp³-hybridized carbons (Fsp3) is 0.500. The highest BCUT2D eigenvalue weighted by Crippen LogP contribution is 2.38. The summed E-state index contributed by atoms with van der Waals surface area (Å²) in [6, 6.07) is 6.11. The first-order valence-corrected chi connectivity index (χ1v) is 8.92. The van der Waals surface area contributed by atoms with E-state index in [2.05, 4.69) is 0 Å². The van der Waals surface area contributed by atoms with Crippen molar-refractivity contribution >= 4 is 10.1 Å². The van der Waals surface area contributed by atoms with Gasteiger partial charge in [0, 0.05) is 6.42 Å². The summed E-state index contributed by atoms with van der Waals surface area (Å²) in [7, 11) is -3.86. The summed E-state index contributed by atoms with van der Waals surface area (Å²) in [6.07, 6.45) is -4.04. The molecule has 0 atom stereocenters. The number of allylic oxidation sites excluding steroid dienone is 2. The summed E-state index contributed by atoms with van der Waals surface area (Å²) in [5.74, 6) is -4.71. The zero-order chi connectivity index (χ0) is 19.1. The molecule has 0 bridgehead atoms. The first kappa shape index (κ1) is 21.6. The highest BCUT2D eigenvalue weighted by atomic mass is 32.2. The molecule has 1 rings (SSSR count). The Labute approximate surface area is 143 Å². The Morgan fingerprint density at radius 3 is 2.12 bits per heavy atom. The number of unbranched alkanes of at least 4 members (excludes halogenated alkanes) is 1. The molecule has 0 N–H and O–H groups in total. The number of hydrogen-bond donors (Lipinski definition) is 0. The molecule has 0 saturated heterocycles. The maximum atomic E-state index is 12.6. The number of alkyl halides is 5. The molecular formula is C16H19F5O3S. The minimum Gasteiger partial charge on any atom is -0.266 e. The summed E-state index contributed by atoms with van der Waals surface area (Å²) < 4.78 is 89.6. The molecule has 0 spiro atoms. The lowest BCUT2D eigenvalue weighted by Gasteiger charge is -2.18. The second-order valence-electron chi connectivity index (χ2n) is 5.44. The van der Waals surface area contributed by atoms with Gasteiger partial charge in [0.25, 0.3) is 10.1 Å². The molecular weight excluding hydrogens is 367 g/mol. The van der Waals surface area contributed by atoms with Crippen LogP contribution in [0, 0.1) is 6.92 Å². The third-order valence-electron chi connectivity index (χ3n) is 3.27. The summed E-state index contributed by atoms with van der Waals surface area (Å²) in [5, 5.41) is 0. The van der Waals surface area contributed by atoms with E-state index in [1.54, 1.807) is 12.1 Å². The molecule has 25 heavy (non-hydrogen) atoms. The molecule has 0 aliphatic heterocycles. The topological polar surface area (TPSA) is 43.4 Å². The average molecular weight is 386 g/mol. The van der Waals surface area contributed by atoms with E-state index in [1.165, 1.54) is 24.3 Å². The molecule has 0 aliphatic carbocycles. The van der Waals surface area contributed by atoms with Crippen LogP contribution >= 0.6 is 0 Å². The van der Waals surface area contributed by atoms with Crippen molar-refractivity contribution in [3.63, 3.8) is 0 Å². The Morgan fingerprint density at radius 1 is 1.00 bits per heavy atom. The molecule has 0 aromatic heterocycles. The van der Waals surface area contributed by atoms with Gasteiger partial charge in [0.1, 0.15) is 0 Å². The van der Waals surface area contributed by atoms with Gasteiger partial charge in [-0.1, -0.05) is 29.8 Å². The average Bonchev–Trinajstić information content (AvgIpc) is 2.49. The minimum atomic E-state index is -5.54. The molecule has 0 heterocycles. The maximum absolute atomic E-state index is 12.6. The van der Waals surface area contributed by atoms with Crippen LogP contribution in [0.5, 0.6) is 0 Å². The second-order valence-corrected chi connectivity index (χ2v) is 7.06. The number of rotatable bonds is 9. The van der Waals surface area contributed by atoms with Crippen LogP contribution in [-0.4, -0.2) is 27.1 Å². The zero-order valence-corrected chi connectivity index (χ0v) is 14.3. The minimum absolute atomic E-state index is 0.0306. The fourth-order valence-corrected chi connectivity index (χ4v) is 2.73. The third-order valence-corrected chi connectivity index (χ3v) is 4.60. The number of halogens is 5. The van der Waals surface area contributed by atoms with Crippen LogP contribution in [0.25, 0.3) is 0 Å². The van der Waals surface area contributed by atoms with Crippen molar-refractivity contribution in [2.75, 3.05) is 6.61 Å². The van der Waals surface area contributed by atoms with Gasteiger partial charge < -0.3 is 0 Å². The Balaban J connectivity index is 2.29. The van der Waals surface area contributed by atoms with Crippen molar-refractivity contribution in [3.8, 4) is 0 Å². The van der Waals surface area contributed by atoms with E-state index in [0.29, 0.717) is 6.42 Å². The van der Waals surface area contributed by atoms with Crippen molar-refractivity contribution in [1.82, 2.24) is 0 Å². The lowest BCUT2D eigenvalue weighted by molar-refractivity contribution is -0.283. The fourth-order valence-electron chi connectivity index (χ4n) is 1.78. The van der Waals surface area contributed by atoms with Crippen LogP contribution in [0.1, 0.15) is 31.2 Å². The van der Waals surface area contributed by atoms with E-state index < -0.39 is 35.1 Å². The number of aryl methyl sites for hydroxylation is 1. The van der Waals surface area contributed by atoms with Gasteiger partial charge in [0.15, 0.2) is 0 Å². The number of hydrogen-bond acceptors (Lipinski definition) is 3. The largest absolute Gasteiger partial charge is 0.453 e. The molecule has 1 aromatic rings. The van der Waals surface area contributed by atoms with Gasteiger partial charge in [-0.3, -0.25) is 4.18 Å². The molecule has 0 unspecified atom stereocenters. The highest BCUT2D eigenvalue weighted by molar-refractivity contribution is 7.86. The first-order chi connectivity index (χ1) is 11.5. The summed E-state index contributed by atoms with van der Waals surface area (Å²) >= 11 is 0. The van der Waals surface area contributed by atoms with E-state index in [9.17, 15) is 30.4 Å². The van der Waals surface area contributed by atoms with E-state index in [0.717, 1.165) is 5.56 Å². The zero-order valence-electron chi connectivity index (χ0n) is 13.5. The van der Waals surface area contributed by atoms with Crippen LogP contribution in [0.15, 0.2) is 41.3 Å². The van der Waals surface area contributed by atoms with E-state index in [4.69, 9.17) is 4.18 Å². The SMILES string of the molecule is Cc1ccc(S(=O)(=O)OCCCC=CCCC(F)(F)C(F)(F)F)cc1. The normalized spacial score (nSPS) is 13.5. The Kier molecular flexibility index (Phi) is 7.55. The summed E-state index contributed by atoms with van der Waals surface area (Å²) in [6.45, 7) is 1.70.